The molecule has 0 saturated carbocycles. The summed E-state index contributed by atoms with van der Waals surface area (Å²) >= 11 is 1.60. The molecule has 0 radical (unpaired) electrons. The van der Waals surface area contributed by atoms with Crippen molar-refractivity contribution in [3.8, 4) is 6.07 Å². The van der Waals surface area contributed by atoms with E-state index >= 15 is 0 Å². The van der Waals surface area contributed by atoms with Gasteiger partial charge in [0.25, 0.3) is 0 Å². The number of pyridine rings is 1. The summed E-state index contributed by atoms with van der Waals surface area (Å²) in [6.07, 6.45) is 0. The van der Waals surface area contributed by atoms with Gasteiger partial charge in [0.15, 0.2) is 0 Å². The van der Waals surface area contributed by atoms with Crippen molar-refractivity contribution in [3.63, 3.8) is 0 Å². The fourth-order valence-corrected chi connectivity index (χ4v) is 2.71. The number of aromatic nitrogens is 2. The molecule has 2 heterocycles. The third-order valence-electron chi connectivity index (χ3n) is 3.11. The van der Waals surface area contributed by atoms with Gasteiger partial charge in [-0.3, -0.25) is 0 Å². The molecule has 20 heavy (non-hydrogen) atoms. The van der Waals surface area contributed by atoms with Gasteiger partial charge in [-0.15, -0.1) is 11.3 Å². The molecule has 0 aliphatic heterocycles. The molecule has 0 amide bonds. The second-order valence-corrected chi connectivity index (χ2v) is 5.34. The number of benzene rings is 1. The lowest BCUT2D eigenvalue weighted by molar-refractivity contribution is 1.10. The zero-order valence-electron chi connectivity index (χ0n) is 10.9. The Morgan fingerprint density at radius 1 is 1.35 bits per heavy atom. The summed E-state index contributed by atoms with van der Waals surface area (Å²) in [6.45, 7) is 2.61. The highest BCUT2D eigenvalue weighted by molar-refractivity contribution is 7.09. The van der Waals surface area contributed by atoms with Crippen molar-refractivity contribution >= 4 is 28.1 Å². The largest absolute Gasteiger partial charge is 0.364 e. The summed E-state index contributed by atoms with van der Waals surface area (Å²) in [5, 5.41) is 13.5. The second kappa shape index (κ2) is 5.27. The molecule has 3 rings (SSSR count). The summed E-state index contributed by atoms with van der Waals surface area (Å²) in [6, 6.07) is 11.8. The Balaban J connectivity index is 1.94. The van der Waals surface area contributed by atoms with E-state index in [4.69, 9.17) is 0 Å². The van der Waals surface area contributed by atoms with Crippen LogP contribution in [-0.2, 0) is 6.54 Å². The summed E-state index contributed by atoms with van der Waals surface area (Å²) in [5.41, 5.74) is 4.29. The van der Waals surface area contributed by atoms with Crippen LogP contribution in [0, 0.1) is 18.3 Å². The van der Waals surface area contributed by atoms with Gasteiger partial charge in [-0.25, -0.2) is 9.97 Å². The number of nitrogens with zero attached hydrogens (tertiary/aromatic N) is 3. The van der Waals surface area contributed by atoms with E-state index in [2.05, 4.69) is 21.4 Å². The zero-order valence-corrected chi connectivity index (χ0v) is 11.7. The van der Waals surface area contributed by atoms with Crippen LogP contribution in [0.4, 0.5) is 5.82 Å². The number of rotatable bonds is 3. The number of hydrogen-bond acceptors (Lipinski definition) is 5. The second-order valence-electron chi connectivity index (χ2n) is 4.40. The van der Waals surface area contributed by atoms with Gasteiger partial charge in [0, 0.05) is 10.3 Å². The van der Waals surface area contributed by atoms with Crippen molar-refractivity contribution in [2.45, 2.75) is 13.5 Å². The molecule has 0 aliphatic rings. The third kappa shape index (κ3) is 2.33. The molecular weight excluding hydrogens is 268 g/mol. The number of thiazole rings is 1. The topological polar surface area (TPSA) is 61.6 Å². The molecule has 5 heteroatoms. The number of hydrogen-bond donors (Lipinski definition) is 1. The van der Waals surface area contributed by atoms with E-state index < -0.39 is 0 Å². The van der Waals surface area contributed by atoms with Gasteiger partial charge in [0.05, 0.1) is 28.8 Å². The van der Waals surface area contributed by atoms with Crippen LogP contribution in [0.3, 0.4) is 0 Å². The van der Waals surface area contributed by atoms with E-state index in [9.17, 15) is 5.26 Å². The van der Waals surface area contributed by atoms with Crippen LogP contribution < -0.4 is 5.32 Å². The summed E-state index contributed by atoms with van der Waals surface area (Å²) in [7, 11) is 0. The van der Waals surface area contributed by atoms with Gasteiger partial charge in [-0.2, -0.15) is 5.26 Å². The minimum absolute atomic E-state index is 0.561. The first-order valence-electron chi connectivity index (χ1n) is 6.20. The van der Waals surface area contributed by atoms with E-state index in [1.807, 2.05) is 42.8 Å². The van der Waals surface area contributed by atoms with Crippen molar-refractivity contribution in [3.05, 3.63) is 52.0 Å². The highest BCUT2D eigenvalue weighted by atomic mass is 32.1. The Hall–Kier alpha value is -2.45. The molecule has 0 unspecified atom stereocenters. The van der Waals surface area contributed by atoms with E-state index in [0.717, 1.165) is 21.5 Å². The molecular formula is C15H12N4S. The van der Waals surface area contributed by atoms with Gasteiger partial charge < -0.3 is 5.32 Å². The average molecular weight is 280 g/mol. The maximum Gasteiger partial charge on any atom is 0.144 e. The minimum Gasteiger partial charge on any atom is -0.364 e. The van der Waals surface area contributed by atoms with Gasteiger partial charge in [-0.05, 0) is 19.1 Å². The third-order valence-corrected chi connectivity index (χ3v) is 4.04. The van der Waals surface area contributed by atoms with Crippen molar-refractivity contribution in [2.75, 3.05) is 5.32 Å². The Bertz CT molecular complexity index is 801. The molecule has 4 nitrogen and oxygen atoms in total. The molecule has 1 N–H and O–H groups in total. The predicted octanol–water partition coefficient (Wildman–Crippen LogP) is 3.48. The van der Waals surface area contributed by atoms with Crippen LogP contribution in [0.5, 0.6) is 0 Å². The van der Waals surface area contributed by atoms with Gasteiger partial charge in [0.1, 0.15) is 11.9 Å². The maximum atomic E-state index is 9.25. The Morgan fingerprint density at radius 3 is 2.95 bits per heavy atom. The molecule has 1 aromatic carbocycles. The molecule has 0 bridgehead atoms. The fourth-order valence-electron chi connectivity index (χ4n) is 2.00. The molecule has 0 saturated heterocycles. The molecule has 3 aromatic rings. The molecule has 0 atom stereocenters. The fraction of sp³-hybridized carbons (Fsp3) is 0.133. The van der Waals surface area contributed by atoms with Crippen molar-refractivity contribution in [1.82, 2.24) is 9.97 Å². The molecule has 0 aliphatic carbocycles. The van der Waals surface area contributed by atoms with Crippen molar-refractivity contribution in [1.29, 1.82) is 5.26 Å². The molecule has 0 spiro atoms. The van der Waals surface area contributed by atoms with E-state index in [0.29, 0.717) is 17.9 Å². The zero-order chi connectivity index (χ0) is 13.9. The lowest BCUT2D eigenvalue weighted by atomic mass is 10.1. The van der Waals surface area contributed by atoms with E-state index in [1.165, 1.54) is 0 Å². The molecule has 0 fully saturated rings. The Kier molecular flexibility index (Phi) is 3.32. The summed E-state index contributed by atoms with van der Waals surface area (Å²) in [4.78, 5) is 9.90. The monoisotopic (exact) mass is 280 g/mol. The first kappa shape index (κ1) is 12.6. The van der Waals surface area contributed by atoms with Crippen molar-refractivity contribution in [2.24, 2.45) is 0 Å². The number of anilines is 1. The minimum atomic E-state index is 0.561. The van der Waals surface area contributed by atoms with Crippen LogP contribution in [0.15, 0.2) is 35.8 Å². The van der Waals surface area contributed by atoms with Gasteiger partial charge in [0.2, 0.25) is 0 Å². The highest BCUT2D eigenvalue weighted by Crippen LogP contribution is 2.21. The lowest BCUT2D eigenvalue weighted by Crippen LogP contribution is -2.03. The average Bonchev–Trinajstić information content (AvgIpc) is 2.89. The number of nitriles is 1. The van der Waals surface area contributed by atoms with Crippen LogP contribution >= 0.6 is 11.3 Å². The highest BCUT2D eigenvalue weighted by Gasteiger charge is 2.08. The van der Waals surface area contributed by atoms with Crippen LogP contribution in [0.1, 0.15) is 16.1 Å². The maximum absolute atomic E-state index is 9.25. The van der Waals surface area contributed by atoms with Gasteiger partial charge in [-0.1, -0.05) is 18.2 Å². The molecule has 2 aromatic heterocycles. The lowest BCUT2D eigenvalue weighted by Gasteiger charge is -2.08. The molecule has 98 valence electrons. The smallest absolute Gasteiger partial charge is 0.144 e. The number of fused-ring (bicyclic) bond motifs is 1. The van der Waals surface area contributed by atoms with Gasteiger partial charge >= 0.3 is 0 Å². The van der Waals surface area contributed by atoms with Crippen LogP contribution in [0.2, 0.25) is 0 Å². The quantitative estimate of drug-likeness (QED) is 0.797. The Labute approximate surface area is 120 Å². The number of nitrogens with one attached hydrogen (secondary N) is 1. The number of aryl methyl sites for hydroxylation is 1. The first-order chi connectivity index (χ1) is 9.78. The first-order valence-corrected chi connectivity index (χ1v) is 7.08. The van der Waals surface area contributed by atoms with Crippen LogP contribution in [-0.4, -0.2) is 9.97 Å². The summed E-state index contributed by atoms with van der Waals surface area (Å²) in [5.74, 6) is 0.624. The predicted molar refractivity (Wildman–Crippen MR) is 80.6 cm³/mol. The van der Waals surface area contributed by atoms with Crippen molar-refractivity contribution < 1.29 is 0 Å². The SMILES string of the molecule is Cc1ncsc1CNc1nc2ccccc2cc1C#N. The number of para-hydroxylation sites is 1. The van der Waals surface area contributed by atoms with E-state index in [1.54, 1.807) is 11.3 Å². The van der Waals surface area contributed by atoms with Crippen LogP contribution in [0.25, 0.3) is 10.9 Å². The summed E-state index contributed by atoms with van der Waals surface area (Å²) < 4.78 is 0. The standard InChI is InChI=1S/C15H12N4S/c1-10-14(20-9-18-10)8-17-15-12(7-16)6-11-4-2-3-5-13(11)19-15/h2-6,9H,8H2,1H3,(H,17,19). The van der Waals surface area contributed by atoms with E-state index in [-0.39, 0.29) is 0 Å². The normalized spacial score (nSPS) is 10.4. The Morgan fingerprint density at radius 2 is 2.20 bits per heavy atom.